The summed E-state index contributed by atoms with van der Waals surface area (Å²) >= 11 is 0. The van der Waals surface area contributed by atoms with Crippen molar-refractivity contribution in [2.45, 2.75) is 19.8 Å². The van der Waals surface area contributed by atoms with Crippen molar-refractivity contribution in [1.82, 2.24) is 20.1 Å². The topological polar surface area (TPSA) is 149 Å². The van der Waals surface area contributed by atoms with E-state index in [1.54, 1.807) is 0 Å². The normalized spacial score (nSPS) is 11.1. The van der Waals surface area contributed by atoms with E-state index in [0.717, 1.165) is 47.4 Å². The third-order valence-corrected chi connectivity index (χ3v) is 4.37. The van der Waals surface area contributed by atoms with Crippen LogP contribution in [0.5, 0.6) is 0 Å². The molecule has 3 aromatic rings. The van der Waals surface area contributed by atoms with Crippen molar-refractivity contribution in [2.75, 3.05) is 9.53 Å². The minimum Gasteiger partial charge on any atom is -0.433 e. The van der Waals surface area contributed by atoms with Crippen molar-refractivity contribution < 1.29 is 32.5 Å². The molecule has 0 saturated carbocycles. The van der Waals surface area contributed by atoms with Gasteiger partial charge in [0, 0.05) is 5.69 Å². The van der Waals surface area contributed by atoms with Crippen LogP contribution in [0.2, 0.25) is 13.6 Å². The summed E-state index contributed by atoms with van der Waals surface area (Å²) in [6.07, 6.45) is -3.01. The first kappa shape index (κ1) is 24.1. The van der Waals surface area contributed by atoms with Crippen LogP contribution in [0, 0.1) is 0 Å². The number of benzene rings is 1. The predicted molar refractivity (Wildman–Crippen MR) is 114 cm³/mol. The largest absolute Gasteiger partial charge is 0.439 e. The van der Waals surface area contributed by atoms with Crippen molar-refractivity contribution in [3.8, 4) is 11.5 Å². The van der Waals surface area contributed by atoms with Crippen LogP contribution in [-0.4, -0.2) is 57.9 Å². The third kappa shape index (κ3) is 5.26. The second-order valence-corrected chi connectivity index (χ2v) is 6.71. The maximum atomic E-state index is 13.0. The number of hydrogen-bond acceptors (Lipinski definition) is 10. The van der Waals surface area contributed by atoms with Crippen LogP contribution in [-0.2, 0) is 11.0 Å². The summed E-state index contributed by atoms with van der Waals surface area (Å²) in [6, 6.07) is 3.87. The number of carbonyl (C=O) groups excluding carboxylic acids is 1. The van der Waals surface area contributed by atoms with Crippen molar-refractivity contribution in [2.24, 2.45) is 0 Å². The standard InChI is InChI=1S/C16H15B3F3N6O5/c1-18(31)27(10-5-3-9(4-6-10)16(20,21)22)14-12(13-25-15(30)33-26-13)23-7-11(24-14)28(17-8-29)19(2)32/h3-8,31-32H,1-2H3,(H,25,26,30). The Hall–Kier alpha value is -3.59. The maximum Gasteiger partial charge on any atom is 0.439 e. The fourth-order valence-electron chi connectivity index (χ4n) is 2.95. The first-order valence-corrected chi connectivity index (χ1v) is 9.36. The van der Waals surface area contributed by atoms with Gasteiger partial charge in [0.1, 0.15) is 12.0 Å². The van der Waals surface area contributed by atoms with Gasteiger partial charge in [0.2, 0.25) is 5.82 Å². The Balaban J connectivity index is 2.21. The van der Waals surface area contributed by atoms with Gasteiger partial charge in [0.05, 0.1) is 11.8 Å². The van der Waals surface area contributed by atoms with Crippen LogP contribution in [0.25, 0.3) is 11.5 Å². The van der Waals surface area contributed by atoms with E-state index >= 15 is 0 Å². The van der Waals surface area contributed by atoms with Crippen LogP contribution in [0.15, 0.2) is 39.8 Å². The molecule has 0 fully saturated rings. The summed E-state index contributed by atoms with van der Waals surface area (Å²) < 4.78 is 44.5. The molecule has 0 amide bonds. The maximum absolute atomic E-state index is 13.0. The highest BCUT2D eigenvalue weighted by Gasteiger charge is 2.32. The van der Waals surface area contributed by atoms with Crippen LogP contribution < -0.4 is 15.3 Å². The summed E-state index contributed by atoms with van der Waals surface area (Å²) in [7, 11) is -1.57. The molecule has 0 aliphatic rings. The Morgan fingerprint density at radius 3 is 2.33 bits per heavy atom. The third-order valence-electron chi connectivity index (χ3n) is 4.37. The number of halogens is 3. The number of aromatic nitrogens is 4. The second kappa shape index (κ2) is 9.50. The smallest absolute Gasteiger partial charge is 0.433 e. The van der Waals surface area contributed by atoms with Crippen molar-refractivity contribution >= 4 is 45.0 Å². The Bertz CT molecular complexity index is 1170. The Labute approximate surface area is 185 Å². The van der Waals surface area contributed by atoms with E-state index in [4.69, 9.17) is 0 Å². The molecular formula is C16H15B3F3N6O5. The minimum absolute atomic E-state index is 0.0424. The number of rotatable bonds is 8. The first-order valence-electron chi connectivity index (χ1n) is 9.36. The number of anilines is 3. The number of aromatic amines is 1. The van der Waals surface area contributed by atoms with Crippen LogP contribution >= 0.6 is 0 Å². The lowest BCUT2D eigenvalue weighted by Gasteiger charge is -2.29. The molecule has 0 bridgehead atoms. The molecule has 3 rings (SSSR count). The molecule has 0 aliphatic carbocycles. The highest BCUT2D eigenvalue weighted by molar-refractivity contribution is 6.82. The van der Waals surface area contributed by atoms with E-state index in [2.05, 4.69) is 24.6 Å². The lowest BCUT2D eigenvalue weighted by Crippen LogP contribution is -2.42. The van der Waals surface area contributed by atoms with Crippen LogP contribution in [0.4, 0.5) is 30.5 Å². The number of nitrogens with zero attached hydrogens (tertiary/aromatic N) is 5. The zero-order valence-electron chi connectivity index (χ0n) is 17.2. The monoisotopic (exact) mass is 461 g/mol. The Morgan fingerprint density at radius 2 is 1.85 bits per heavy atom. The second-order valence-electron chi connectivity index (χ2n) is 6.71. The summed E-state index contributed by atoms with van der Waals surface area (Å²) in [4.78, 5) is 34.3. The van der Waals surface area contributed by atoms with Crippen LogP contribution in [0.1, 0.15) is 5.56 Å². The highest BCUT2D eigenvalue weighted by atomic mass is 19.4. The zero-order valence-corrected chi connectivity index (χ0v) is 17.2. The summed E-state index contributed by atoms with van der Waals surface area (Å²) in [5.41, 5.74) is -0.903. The van der Waals surface area contributed by atoms with E-state index in [1.165, 1.54) is 13.6 Å². The first-order chi connectivity index (χ1) is 15.5. The van der Waals surface area contributed by atoms with Gasteiger partial charge >= 0.3 is 33.4 Å². The number of carbonyl (C=O) groups is 1. The van der Waals surface area contributed by atoms with E-state index in [-0.39, 0.29) is 28.8 Å². The summed E-state index contributed by atoms with van der Waals surface area (Å²) in [5, 5.41) is 24.0. The van der Waals surface area contributed by atoms with Crippen molar-refractivity contribution in [1.29, 1.82) is 0 Å². The molecule has 0 saturated heterocycles. The van der Waals surface area contributed by atoms with Gasteiger partial charge in [-0.1, -0.05) is 5.16 Å². The highest BCUT2D eigenvalue weighted by Crippen LogP contribution is 2.35. The van der Waals surface area contributed by atoms with Gasteiger partial charge in [-0.15, -0.1) is 0 Å². The number of hydrogen-bond donors (Lipinski definition) is 3. The molecule has 17 heteroatoms. The molecule has 0 aliphatic heterocycles. The fraction of sp³-hybridized carbons (Fsp3) is 0.188. The molecule has 0 unspecified atom stereocenters. The molecule has 1 aromatic carbocycles. The number of nitrogens with one attached hydrogen (secondary N) is 1. The van der Waals surface area contributed by atoms with Crippen molar-refractivity contribution in [3.63, 3.8) is 0 Å². The lowest BCUT2D eigenvalue weighted by atomic mass is 9.74. The van der Waals surface area contributed by atoms with E-state index in [0.29, 0.717) is 6.19 Å². The molecule has 3 N–H and O–H groups in total. The van der Waals surface area contributed by atoms with E-state index in [1.807, 2.05) is 0 Å². The molecule has 0 spiro atoms. The van der Waals surface area contributed by atoms with Gasteiger partial charge in [0.15, 0.2) is 11.5 Å². The van der Waals surface area contributed by atoms with Crippen LogP contribution in [0.3, 0.4) is 0 Å². The molecule has 0 atom stereocenters. The summed E-state index contributed by atoms with van der Waals surface area (Å²) in [5.74, 6) is -1.27. The molecule has 11 nitrogen and oxygen atoms in total. The van der Waals surface area contributed by atoms with Gasteiger partial charge in [-0.2, -0.15) is 13.2 Å². The average Bonchev–Trinajstić information content (AvgIpc) is 3.17. The van der Waals surface area contributed by atoms with Gasteiger partial charge < -0.3 is 24.4 Å². The average molecular weight is 461 g/mol. The molecule has 169 valence electrons. The number of alkyl halides is 3. The molecule has 33 heavy (non-hydrogen) atoms. The van der Waals surface area contributed by atoms with Gasteiger partial charge in [-0.05, 0) is 37.9 Å². The SMILES string of the molecule is CB(O)N([B]C=O)c1cnc(-c2noc(=O)[nH]2)c(N(B(C)O)c2ccc(C(F)(F)F)cc2)n1. The fourth-order valence-corrected chi connectivity index (χ4v) is 2.95. The Morgan fingerprint density at radius 1 is 1.18 bits per heavy atom. The van der Waals surface area contributed by atoms with E-state index in [9.17, 15) is 32.8 Å². The van der Waals surface area contributed by atoms with E-state index < -0.39 is 31.6 Å². The summed E-state index contributed by atoms with van der Waals surface area (Å²) in [6.45, 7) is 2.68. The van der Waals surface area contributed by atoms with Crippen molar-refractivity contribution in [3.05, 3.63) is 46.6 Å². The van der Waals surface area contributed by atoms with Gasteiger partial charge in [-0.25, -0.2) is 14.8 Å². The quantitative estimate of drug-likeness (QED) is 0.325. The lowest BCUT2D eigenvalue weighted by molar-refractivity contribution is -0.137. The minimum atomic E-state index is -4.57. The molecule has 1 radical (unpaired) electrons. The zero-order chi connectivity index (χ0) is 24.3. The predicted octanol–water partition coefficient (Wildman–Crippen LogP) is 0.813. The van der Waals surface area contributed by atoms with Gasteiger partial charge in [-0.3, -0.25) is 9.51 Å². The number of H-pyrrole nitrogens is 1. The molecule has 2 heterocycles. The molecular weight excluding hydrogens is 446 g/mol. The Kier molecular flexibility index (Phi) is 6.93. The molecule has 2 aromatic heterocycles. The van der Waals surface area contributed by atoms with Gasteiger partial charge in [0.25, 0.3) is 0 Å².